The molecule has 1 aliphatic heterocycles. The minimum absolute atomic E-state index is 0.108. The van der Waals surface area contributed by atoms with Crippen molar-refractivity contribution in [2.45, 2.75) is 25.4 Å². The molecule has 1 aliphatic rings. The fourth-order valence-corrected chi connectivity index (χ4v) is 2.60. The molecule has 1 atom stereocenters. The van der Waals surface area contributed by atoms with Crippen molar-refractivity contribution >= 4 is 17.7 Å². The topological polar surface area (TPSA) is 109 Å². The Labute approximate surface area is 132 Å². The first-order chi connectivity index (χ1) is 11.1. The number of aromatic carboxylic acids is 1. The monoisotopic (exact) mass is 316 g/mol. The van der Waals surface area contributed by atoms with Crippen LogP contribution in [-0.4, -0.2) is 39.5 Å². The van der Waals surface area contributed by atoms with Crippen molar-refractivity contribution in [3.8, 4) is 0 Å². The Morgan fingerprint density at radius 1 is 1.39 bits per heavy atom. The lowest BCUT2D eigenvalue weighted by Gasteiger charge is -2.24. The van der Waals surface area contributed by atoms with E-state index in [0.717, 1.165) is 6.42 Å². The van der Waals surface area contributed by atoms with Gasteiger partial charge in [-0.2, -0.15) is 0 Å². The molecule has 0 aromatic carbocycles. The van der Waals surface area contributed by atoms with Gasteiger partial charge in [-0.1, -0.05) is 0 Å². The van der Waals surface area contributed by atoms with Gasteiger partial charge in [0.2, 0.25) is 5.91 Å². The van der Waals surface area contributed by atoms with Crippen LogP contribution in [0.25, 0.3) is 0 Å². The predicted octanol–water partition coefficient (Wildman–Crippen LogP) is 1.05. The number of carbonyl (C=O) groups is 2. The lowest BCUT2D eigenvalue weighted by atomic mass is 10.2. The molecule has 2 aromatic rings. The number of hydrogen-bond donors (Lipinski definition) is 2. The fourth-order valence-electron chi connectivity index (χ4n) is 2.60. The van der Waals surface area contributed by atoms with Crippen molar-refractivity contribution in [1.82, 2.24) is 15.3 Å². The van der Waals surface area contributed by atoms with Crippen LogP contribution in [0.1, 0.15) is 29.1 Å². The minimum atomic E-state index is -1.13. The lowest BCUT2D eigenvalue weighted by Crippen LogP contribution is -2.43. The molecular weight excluding hydrogens is 300 g/mol. The van der Waals surface area contributed by atoms with E-state index in [1.54, 1.807) is 18.4 Å². The molecule has 2 aromatic heterocycles. The first-order valence-electron chi connectivity index (χ1n) is 7.27. The van der Waals surface area contributed by atoms with Gasteiger partial charge in [-0.05, 0) is 25.0 Å². The highest BCUT2D eigenvalue weighted by Crippen LogP contribution is 2.23. The van der Waals surface area contributed by atoms with Crippen LogP contribution < -0.4 is 10.2 Å². The molecule has 1 amide bonds. The third kappa shape index (κ3) is 3.31. The summed E-state index contributed by atoms with van der Waals surface area (Å²) in [5.41, 5.74) is -0.119. The molecule has 120 valence electrons. The van der Waals surface area contributed by atoms with Gasteiger partial charge in [0.25, 0.3) is 0 Å². The molecule has 1 unspecified atom stereocenters. The number of anilines is 1. The minimum Gasteiger partial charge on any atom is -0.476 e. The van der Waals surface area contributed by atoms with Gasteiger partial charge < -0.3 is 19.7 Å². The van der Waals surface area contributed by atoms with Crippen LogP contribution in [0.2, 0.25) is 0 Å². The van der Waals surface area contributed by atoms with E-state index >= 15 is 0 Å². The van der Waals surface area contributed by atoms with Gasteiger partial charge in [0.15, 0.2) is 5.69 Å². The number of carboxylic acids is 1. The van der Waals surface area contributed by atoms with Crippen molar-refractivity contribution in [3.63, 3.8) is 0 Å². The Bertz CT molecular complexity index is 684. The summed E-state index contributed by atoms with van der Waals surface area (Å²) < 4.78 is 5.19. The number of carbonyl (C=O) groups excluding carboxylic acids is 1. The number of amides is 1. The molecule has 8 heteroatoms. The van der Waals surface area contributed by atoms with Gasteiger partial charge in [0.05, 0.1) is 25.2 Å². The number of rotatable bonds is 5. The van der Waals surface area contributed by atoms with Crippen molar-refractivity contribution in [2.24, 2.45) is 0 Å². The number of furan rings is 1. The van der Waals surface area contributed by atoms with Gasteiger partial charge in [-0.15, -0.1) is 0 Å². The maximum Gasteiger partial charge on any atom is 0.356 e. The highest BCUT2D eigenvalue weighted by atomic mass is 16.4. The van der Waals surface area contributed by atoms with E-state index in [4.69, 9.17) is 9.52 Å². The molecule has 3 heterocycles. The molecule has 8 nitrogen and oxygen atoms in total. The second-order valence-corrected chi connectivity index (χ2v) is 5.21. The highest BCUT2D eigenvalue weighted by Gasteiger charge is 2.31. The molecule has 0 aliphatic carbocycles. The summed E-state index contributed by atoms with van der Waals surface area (Å²) >= 11 is 0. The molecule has 2 N–H and O–H groups in total. The maximum absolute atomic E-state index is 12.4. The number of hydrogen-bond acceptors (Lipinski definition) is 6. The van der Waals surface area contributed by atoms with Crippen molar-refractivity contribution in [3.05, 3.63) is 42.2 Å². The largest absolute Gasteiger partial charge is 0.476 e. The summed E-state index contributed by atoms with van der Waals surface area (Å²) in [6.45, 7) is 1.01. The molecular formula is C15H16N4O4. The summed E-state index contributed by atoms with van der Waals surface area (Å²) in [6.07, 6.45) is 5.73. The van der Waals surface area contributed by atoms with E-state index in [-0.39, 0.29) is 17.6 Å². The average molecular weight is 316 g/mol. The number of nitrogens with one attached hydrogen (secondary N) is 1. The normalized spacial score (nSPS) is 17.2. The van der Waals surface area contributed by atoms with Crippen LogP contribution in [-0.2, 0) is 11.3 Å². The third-order valence-corrected chi connectivity index (χ3v) is 3.72. The molecule has 3 rings (SSSR count). The van der Waals surface area contributed by atoms with Gasteiger partial charge >= 0.3 is 5.97 Å². The SMILES string of the molecule is O=C(O)c1cnc(N2CCCC2C(=O)NCc2ccco2)cn1. The van der Waals surface area contributed by atoms with E-state index in [9.17, 15) is 9.59 Å². The zero-order valence-corrected chi connectivity index (χ0v) is 12.3. The quantitative estimate of drug-likeness (QED) is 0.848. The van der Waals surface area contributed by atoms with Crippen LogP contribution in [0.4, 0.5) is 5.82 Å². The molecule has 1 saturated heterocycles. The van der Waals surface area contributed by atoms with Crippen LogP contribution in [0.15, 0.2) is 35.2 Å². The number of aromatic nitrogens is 2. The molecule has 23 heavy (non-hydrogen) atoms. The second kappa shape index (κ2) is 6.47. The van der Waals surface area contributed by atoms with Crippen LogP contribution in [0, 0.1) is 0 Å². The predicted molar refractivity (Wildman–Crippen MR) is 79.9 cm³/mol. The summed E-state index contributed by atoms with van der Waals surface area (Å²) in [6, 6.07) is 3.22. The summed E-state index contributed by atoms with van der Waals surface area (Å²) in [4.78, 5) is 33.0. The molecule has 1 fully saturated rings. The fraction of sp³-hybridized carbons (Fsp3) is 0.333. The number of carboxylic acid groups (broad SMARTS) is 1. The Kier molecular flexibility index (Phi) is 4.22. The maximum atomic E-state index is 12.4. The molecule has 0 spiro atoms. The van der Waals surface area contributed by atoms with Gasteiger partial charge in [-0.3, -0.25) is 4.79 Å². The number of nitrogens with zero attached hydrogens (tertiary/aromatic N) is 3. The second-order valence-electron chi connectivity index (χ2n) is 5.21. The molecule has 0 saturated carbocycles. The van der Waals surface area contributed by atoms with Crippen molar-refractivity contribution in [2.75, 3.05) is 11.4 Å². The zero-order chi connectivity index (χ0) is 16.2. The zero-order valence-electron chi connectivity index (χ0n) is 12.3. The highest BCUT2D eigenvalue weighted by molar-refractivity contribution is 5.86. The van der Waals surface area contributed by atoms with Crippen molar-refractivity contribution in [1.29, 1.82) is 0 Å². The van der Waals surface area contributed by atoms with Crippen LogP contribution in [0.3, 0.4) is 0 Å². The van der Waals surface area contributed by atoms with Crippen LogP contribution in [0.5, 0.6) is 0 Å². The van der Waals surface area contributed by atoms with E-state index in [1.807, 2.05) is 4.90 Å². The first-order valence-corrected chi connectivity index (χ1v) is 7.27. The average Bonchev–Trinajstić information content (AvgIpc) is 3.24. The third-order valence-electron chi connectivity index (χ3n) is 3.72. The van der Waals surface area contributed by atoms with Gasteiger partial charge in [0, 0.05) is 6.54 Å². The van der Waals surface area contributed by atoms with E-state index in [0.29, 0.717) is 31.1 Å². The lowest BCUT2D eigenvalue weighted by molar-refractivity contribution is -0.122. The summed E-state index contributed by atoms with van der Waals surface area (Å²) in [7, 11) is 0. The first kappa shape index (κ1) is 15.0. The Balaban J connectivity index is 1.66. The molecule has 0 radical (unpaired) electrons. The Hall–Kier alpha value is -2.90. The summed E-state index contributed by atoms with van der Waals surface area (Å²) in [5, 5.41) is 11.7. The van der Waals surface area contributed by atoms with E-state index in [2.05, 4.69) is 15.3 Å². The standard InChI is InChI=1S/C15H16N4O4/c20-14(18-7-10-3-2-6-23-10)12-4-1-5-19(12)13-9-16-11(8-17-13)15(21)22/h2-3,6,8-9,12H,1,4-5,7H2,(H,18,20)(H,21,22). The Morgan fingerprint density at radius 2 is 2.26 bits per heavy atom. The van der Waals surface area contributed by atoms with Gasteiger partial charge in [0.1, 0.15) is 17.6 Å². The smallest absolute Gasteiger partial charge is 0.356 e. The van der Waals surface area contributed by atoms with Crippen molar-refractivity contribution < 1.29 is 19.1 Å². The Morgan fingerprint density at radius 3 is 2.91 bits per heavy atom. The van der Waals surface area contributed by atoms with Gasteiger partial charge in [-0.25, -0.2) is 14.8 Å². The van der Waals surface area contributed by atoms with E-state index in [1.165, 1.54) is 12.4 Å². The van der Waals surface area contributed by atoms with Crippen LogP contribution >= 0.6 is 0 Å². The molecule has 0 bridgehead atoms. The van der Waals surface area contributed by atoms with E-state index < -0.39 is 5.97 Å². The summed E-state index contributed by atoms with van der Waals surface area (Å²) in [5.74, 6) is -0.0413.